The molecule has 0 saturated heterocycles. The van der Waals surface area contributed by atoms with Gasteiger partial charge in [0.05, 0.1) is 12.8 Å². The van der Waals surface area contributed by atoms with Crippen LogP contribution in [-0.2, 0) is 0 Å². The molecule has 5 nitrogen and oxygen atoms in total. The number of nitrogens with zero attached hydrogens (tertiary/aromatic N) is 2. The first-order valence-corrected chi connectivity index (χ1v) is 6.82. The lowest BCUT2D eigenvalue weighted by molar-refractivity contribution is 0.102. The summed E-state index contributed by atoms with van der Waals surface area (Å²) in [6.07, 6.45) is 5.43. The number of pyridine rings is 1. The number of benzene rings is 1. The van der Waals surface area contributed by atoms with Crippen molar-refractivity contribution in [3.8, 4) is 11.4 Å². The van der Waals surface area contributed by atoms with Gasteiger partial charge in [0.2, 0.25) is 0 Å². The van der Waals surface area contributed by atoms with Crippen LogP contribution in [-0.4, -0.2) is 22.6 Å². The van der Waals surface area contributed by atoms with Crippen LogP contribution < -0.4 is 10.1 Å². The Morgan fingerprint density at radius 1 is 1.14 bits per heavy atom. The molecule has 0 atom stereocenters. The Morgan fingerprint density at radius 3 is 2.64 bits per heavy atom. The lowest BCUT2D eigenvalue weighted by Gasteiger charge is -2.12. The minimum Gasteiger partial charge on any atom is -0.495 e. The van der Waals surface area contributed by atoms with Crippen molar-refractivity contribution in [2.75, 3.05) is 12.4 Å². The predicted octanol–water partition coefficient (Wildman–Crippen LogP) is 3.13. The summed E-state index contributed by atoms with van der Waals surface area (Å²) in [5.41, 5.74) is 1.91. The van der Waals surface area contributed by atoms with Crippen LogP contribution in [0.5, 0.6) is 5.75 Å². The van der Waals surface area contributed by atoms with E-state index in [1.54, 1.807) is 37.6 Å². The fourth-order valence-corrected chi connectivity index (χ4v) is 2.16. The fraction of sp³-hybridized carbons (Fsp3) is 0.0588. The van der Waals surface area contributed by atoms with Gasteiger partial charge in [-0.05, 0) is 42.5 Å². The molecule has 0 saturated carbocycles. The van der Waals surface area contributed by atoms with Crippen molar-refractivity contribution in [2.24, 2.45) is 0 Å². The van der Waals surface area contributed by atoms with Gasteiger partial charge in [0, 0.05) is 24.3 Å². The van der Waals surface area contributed by atoms with Gasteiger partial charge in [0.15, 0.2) is 0 Å². The molecule has 110 valence electrons. The van der Waals surface area contributed by atoms with Crippen molar-refractivity contribution >= 4 is 11.6 Å². The number of carbonyl (C=O) groups is 1. The van der Waals surface area contributed by atoms with Gasteiger partial charge in [-0.25, -0.2) is 0 Å². The molecule has 0 unspecified atom stereocenters. The van der Waals surface area contributed by atoms with E-state index in [1.807, 2.05) is 41.2 Å². The third-order valence-corrected chi connectivity index (χ3v) is 3.22. The second kappa shape index (κ2) is 6.13. The molecule has 0 spiro atoms. The Balaban J connectivity index is 1.89. The van der Waals surface area contributed by atoms with Crippen molar-refractivity contribution in [3.05, 3.63) is 72.8 Å². The van der Waals surface area contributed by atoms with Crippen molar-refractivity contribution in [3.63, 3.8) is 0 Å². The molecule has 0 aliphatic carbocycles. The van der Waals surface area contributed by atoms with Gasteiger partial charge < -0.3 is 14.6 Å². The number of carbonyl (C=O) groups excluding carboxylic acids is 1. The van der Waals surface area contributed by atoms with Gasteiger partial charge in [0.1, 0.15) is 11.4 Å². The first-order chi connectivity index (χ1) is 10.8. The van der Waals surface area contributed by atoms with Crippen LogP contribution >= 0.6 is 0 Å². The van der Waals surface area contributed by atoms with Crippen LogP contribution in [0, 0.1) is 0 Å². The zero-order chi connectivity index (χ0) is 15.4. The van der Waals surface area contributed by atoms with E-state index in [0.717, 1.165) is 11.4 Å². The van der Waals surface area contributed by atoms with Crippen LogP contribution in [0.15, 0.2) is 67.1 Å². The highest BCUT2D eigenvalue weighted by atomic mass is 16.5. The number of aromatic nitrogens is 2. The van der Waals surface area contributed by atoms with E-state index >= 15 is 0 Å². The molecule has 0 aliphatic rings. The third-order valence-electron chi connectivity index (χ3n) is 3.22. The van der Waals surface area contributed by atoms with Crippen molar-refractivity contribution in [1.29, 1.82) is 0 Å². The number of rotatable bonds is 4. The quantitative estimate of drug-likeness (QED) is 0.804. The number of anilines is 1. The molecule has 1 amide bonds. The highest BCUT2D eigenvalue weighted by Crippen LogP contribution is 2.26. The summed E-state index contributed by atoms with van der Waals surface area (Å²) >= 11 is 0. The maximum Gasteiger partial charge on any atom is 0.274 e. The molecule has 0 radical (unpaired) electrons. The van der Waals surface area contributed by atoms with Crippen LogP contribution in [0.2, 0.25) is 0 Å². The highest BCUT2D eigenvalue weighted by Gasteiger charge is 2.10. The Kier molecular flexibility index (Phi) is 3.87. The molecule has 1 N–H and O–H groups in total. The molecule has 22 heavy (non-hydrogen) atoms. The van der Waals surface area contributed by atoms with Gasteiger partial charge in [-0.15, -0.1) is 0 Å². The van der Waals surface area contributed by atoms with Gasteiger partial charge >= 0.3 is 0 Å². The molecule has 0 aliphatic heterocycles. The standard InChI is InChI=1S/C17H15N3O2/c1-22-16-8-7-13(12-15(16)20-10-4-5-11-20)19-17(21)14-6-2-3-9-18-14/h2-12H,1H3,(H,19,21). The summed E-state index contributed by atoms with van der Waals surface area (Å²) in [5.74, 6) is 0.483. The summed E-state index contributed by atoms with van der Waals surface area (Å²) in [7, 11) is 1.62. The molecule has 3 aromatic rings. The lowest BCUT2D eigenvalue weighted by atomic mass is 10.2. The number of nitrogens with one attached hydrogen (secondary N) is 1. The van der Waals surface area contributed by atoms with E-state index in [9.17, 15) is 4.79 Å². The summed E-state index contributed by atoms with van der Waals surface area (Å²) in [4.78, 5) is 16.2. The summed E-state index contributed by atoms with van der Waals surface area (Å²) in [6.45, 7) is 0. The van der Waals surface area contributed by atoms with Crippen molar-refractivity contribution in [2.45, 2.75) is 0 Å². The molecule has 3 rings (SSSR count). The van der Waals surface area contributed by atoms with Gasteiger partial charge in [0.25, 0.3) is 5.91 Å². The second-order valence-corrected chi connectivity index (χ2v) is 4.65. The molecule has 2 heterocycles. The monoisotopic (exact) mass is 293 g/mol. The van der Waals surface area contributed by atoms with E-state index in [1.165, 1.54) is 0 Å². The zero-order valence-corrected chi connectivity index (χ0v) is 12.1. The summed E-state index contributed by atoms with van der Waals surface area (Å²) in [5, 5.41) is 2.84. The average molecular weight is 293 g/mol. The van der Waals surface area contributed by atoms with Crippen LogP contribution in [0.1, 0.15) is 10.5 Å². The maximum absolute atomic E-state index is 12.2. The maximum atomic E-state index is 12.2. The topological polar surface area (TPSA) is 56.1 Å². The zero-order valence-electron chi connectivity index (χ0n) is 12.1. The van der Waals surface area contributed by atoms with Crippen molar-refractivity contribution in [1.82, 2.24) is 9.55 Å². The van der Waals surface area contributed by atoms with E-state index in [0.29, 0.717) is 11.4 Å². The Bertz CT molecular complexity index is 768. The Hall–Kier alpha value is -3.08. The van der Waals surface area contributed by atoms with Gasteiger partial charge in [-0.1, -0.05) is 6.07 Å². The first-order valence-electron chi connectivity index (χ1n) is 6.82. The first kappa shape index (κ1) is 13.9. The van der Waals surface area contributed by atoms with E-state index < -0.39 is 0 Å². The summed E-state index contributed by atoms with van der Waals surface area (Å²) < 4.78 is 7.29. The number of amides is 1. The molecule has 1 aromatic carbocycles. The smallest absolute Gasteiger partial charge is 0.274 e. The number of hydrogen-bond acceptors (Lipinski definition) is 3. The number of methoxy groups -OCH3 is 1. The van der Waals surface area contributed by atoms with Gasteiger partial charge in [-0.3, -0.25) is 9.78 Å². The molecular weight excluding hydrogens is 278 g/mol. The predicted molar refractivity (Wildman–Crippen MR) is 84.5 cm³/mol. The van der Waals surface area contributed by atoms with E-state index in [2.05, 4.69) is 10.3 Å². The molecular formula is C17H15N3O2. The Morgan fingerprint density at radius 2 is 1.95 bits per heavy atom. The Labute approximate surface area is 128 Å². The molecule has 0 bridgehead atoms. The number of ether oxygens (including phenoxy) is 1. The van der Waals surface area contributed by atoms with E-state index in [-0.39, 0.29) is 5.91 Å². The van der Waals surface area contributed by atoms with Crippen molar-refractivity contribution < 1.29 is 9.53 Å². The fourth-order valence-electron chi connectivity index (χ4n) is 2.16. The van der Waals surface area contributed by atoms with Gasteiger partial charge in [-0.2, -0.15) is 0 Å². The van der Waals surface area contributed by atoms with E-state index in [4.69, 9.17) is 4.74 Å². The lowest BCUT2D eigenvalue weighted by Crippen LogP contribution is -2.13. The SMILES string of the molecule is COc1ccc(NC(=O)c2ccccn2)cc1-n1cccc1. The normalized spacial score (nSPS) is 10.2. The van der Waals surface area contributed by atoms with Crippen LogP contribution in [0.25, 0.3) is 5.69 Å². The minimum atomic E-state index is -0.246. The number of hydrogen-bond donors (Lipinski definition) is 1. The molecule has 0 fully saturated rings. The minimum absolute atomic E-state index is 0.246. The molecule has 2 aromatic heterocycles. The largest absolute Gasteiger partial charge is 0.495 e. The van der Waals surface area contributed by atoms with Crippen LogP contribution in [0.3, 0.4) is 0 Å². The third kappa shape index (κ3) is 2.83. The summed E-state index contributed by atoms with van der Waals surface area (Å²) in [6, 6.07) is 14.6. The highest BCUT2D eigenvalue weighted by molar-refractivity contribution is 6.03. The second-order valence-electron chi connectivity index (χ2n) is 4.65. The average Bonchev–Trinajstić information content (AvgIpc) is 3.10. The molecule has 5 heteroatoms. The van der Waals surface area contributed by atoms with Crippen LogP contribution in [0.4, 0.5) is 5.69 Å².